The molecule has 0 atom stereocenters. The van der Waals surface area contributed by atoms with Crippen molar-refractivity contribution >= 4 is 29.2 Å². The number of rotatable bonds is 6. The number of anilines is 2. The first-order valence-electron chi connectivity index (χ1n) is 15.4. The number of amides is 2. The lowest BCUT2D eigenvalue weighted by Crippen LogP contribution is -2.27. The molecule has 0 spiro atoms. The van der Waals surface area contributed by atoms with Crippen LogP contribution >= 0.6 is 0 Å². The van der Waals surface area contributed by atoms with Crippen LogP contribution in [0.2, 0.25) is 0 Å². The molecule has 0 unspecified atom stereocenters. The first kappa shape index (κ1) is 33.0. The molecule has 0 bridgehead atoms. The number of ether oxygens (including phenoxy) is 1. The molecule has 5 aromatic rings. The van der Waals surface area contributed by atoms with E-state index in [1.165, 1.54) is 12.1 Å². The highest BCUT2D eigenvalue weighted by Crippen LogP contribution is 2.21. The van der Waals surface area contributed by atoms with Crippen LogP contribution < -0.4 is 10.6 Å². The van der Waals surface area contributed by atoms with E-state index in [1.54, 1.807) is 45.0 Å². The molecule has 236 valence electrons. The Morgan fingerprint density at radius 1 is 0.562 bits per heavy atom. The van der Waals surface area contributed by atoms with Crippen molar-refractivity contribution in [3.05, 3.63) is 166 Å². The zero-order chi connectivity index (χ0) is 33.9. The van der Waals surface area contributed by atoms with Crippen molar-refractivity contribution in [3.8, 4) is 23.7 Å². The molecule has 6 heteroatoms. The molecular formula is C42H34N2O4. The summed E-state index contributed by atoms with van der Waals surface area (Å²) in [6, 6.07) is 38.5. The van der Waals surface area contributed by atoms with E-state index in [2.05, 4.69) is 34.3 Å². The van der Waals surface area contributed by atoms with Crippen molar-refractivity contribution in [2.75, 3.05) is 10.6 Å². The Kier molecular flexibility index (Phi) is 10.5. The first-order chi connectivity index (χ1) is 23.1. The zero-order valence-corrected chi connectivity index (χ0v) is 27.0. The quantitative estimate of drug-likeness (QED) is 0.146. The van der Waals surface area contributed by atoms with Gasteiger partial charge in [-0.1, -0.05) is 78.3 Å². The Morgan fingerprint density at radius 2 is 1.10 bits per heavy atom. The van der Waals surface area contributed by atoms with Crippen LogP contribution in [-0.4, -0.2) is 23.4 Å². The Hall–Kier alpha value is -6.37. The van der Waals surface area contributed by atoms with Crippen LogP contribution in [0.4, 0.5) is 16.2 Å². The monoisotopic (exact) mass is 630 g/mol. The number of Topliss-reactive ketones (excluding diaryl/α,β-unsaturated/α-hetero) is 1. The van der Waals surface area contributed by atoms with Gasteiger partial charge in [0, 0.05) is 51.2 Å². The highest BCUT2D eigenvalue weighted by molar-refractivity contribution is 6.08. The third-order valence-electron chi connectivity index (χ3n) is 6.82. The second-order valence-corrected chi connectivity index (χ2v) is 12.0. The third kappa shape index (κ3) is 10.1. The van der Waals surface area contributed by atoms with E-state index < -0.39 is 17.6 Å². The Labute approximate surface area is 281 Å². The summed E-state index contributed by atoms with van der Waals surface area (Å²) in [4.78, 5) is 39.8. The average molecular weight is 631 g/mol. The summed E-state index contributed by atoms with van der Waals surface area (Å²) >= 11 is 0. The molecule has 5 aromatic carbocycles. The van der Waals surface area contributed by atoms with Gasteiger partial charge in [0.2, 0.25) is 0 Å². The van der Waals surface area contributed by atoms with Gasteiger partial charge in [0.25, 0.3) is 5.91 Å². The molecule has 0 saturated heterocycles. The standard InChI is InChI=1S/C42H34N2O4/c1-42(2,3)48-41(47)44-38-28-35(39(45)26-34-18-10-16-32(24-34)22-20-30-12-6-4-7-13-30)27-36(29-38)40(46)43-37-19-11-17-33(25-37)23-21-31-14-8-5-9-15-31/h4-19,24-25,27-29H,26H2,1-3H3,(H,43,46)(H,44,47). The maximum atomic E-state index is 13.6. The van der Waals surface area contributed by atoms with Crippen molar-refractivity contribution < 1.29 is 19.1 Å². The van der Waals surface area contributed by atoms with Gasteiger partial charge in [-0.15, -0.1) is 0 Å². The van der Waals surface area contributed by atoms with Crippen molar-refractivity contribution in [2.45, 2.75) is 32.8 Å². The molecule has 0 aliphatic carbocycles. The molecule has 0 saturated carbocycles. The fourth-order valence-electron chi connectivity index (χ4n) is 4.67. The minimum atomic E-state index is -0.736. The summed E-state index contributed by atoms with van der Waals surface area (Å²) < 4.78 is 5.41. The fraction of sp³-hybridized carbons (Fsp3) is 0.119. The SMILES string of the molecule is CC(C)(C)OC(=O)Nc1cc(C(=O)Cc2cccc(C#Cc3ccccc3)c2)cc(C(=O)Nc2cccc(C#Cc3ccccc3)c2)c1. The normalized spacial score (nSPS) is 10.4. The van der Waals surface area contributed by atoms with Crippen LogP contribution in [0.25, 0.3) is 0 Å². The number of ketones is 1. The lowest BCUT2D eigenvalue weighted by Gasteiger charge is -2.20. The highest BCUT2D eigenvalue weighted by atomic mass is 16.6. The predicted molar refractivity (Wildman–Crippen MR) is 190 cm³/mol. The van der Waals surface area contributed by atoms with Crippen LogP contribution in [-0.2, 0) is 11.2 Å². The molecule has 0 aromatic heterocycles. The summed E-state index contributed by atoms with van der Waals surface area (Å²) in [5, 5.41) is 5.56. The van der Waals surface area contributed by atoms with Gasteiger partial charge in [0.05, 0.1) is 0 Å². The third-order valence-corrected chi connectivity index (χ3v) is 6.82. The van der Waals surface area contributed by atoms with E-state index in [0.29, 0.717) is 5.69 Å². The second kappa shape index (κ2) is 15.3. The fourth-order valence-corrected chi connectivity index (χ4v) is 4.67. The Bertz CT molecular complexity index is 1940. The lowest BCUT2D eigenvalue weighted by atomic mass is 9.99. The summed E-state index contributed by atoms with van der Waals surface area (Å²) in [5.41, 5.74) is 4.55. The molecule has 0 heterocycles. The van der Waals surface area contributed by atoms with E-state index in [1.807, 2.05) is 91.0 Å². The van der Waals surface area contributed by atoms with Crippen molar-refractivity contribution in [1.29, 1.82) is 0 Å². The highest BCUT2D eigenvalue weighted by Gasteiger charge is 2.19. The Balaban J connectivity index is 1.38. The molecule has 48 heavy (non-hydrogen) atoms. The number of carbonyl (C=O) groups is 3. The van der Waals surface area contributed by atoms with Gasteiger partial charge in [-0.05, 0) is 99.1 Å². The van der Waals surface area contributed by atoms with Gasteiger partial charge >= 0.3 is 6.09 Å². The maximum Gasteiger partial charge on any atom is 0.412 e. The van der Waals surface area contributed by atoms with Gasteiger partial charge in [-0.3, -0.25) is 14.9 Å². The zero-order valence-electron chi connectivity index (χ0n) is 27.0. The van der Waals surface area contributed by atoms with Gasteiger partial charge in [0.1, 0.15) is 5.60 Å². The molecule has 0 radical (unpaired) electrons. The number of nitrogens with one attached hydrogen (secondary N) is 2. The van der Waals surface area contributed by atoms with Crippen molar-refractivity contribution in [1.82, 2.24) is 0 Å². The topological polar surface area (TPSA) is 84.5 Å². The van der Waals surface area contributed by atoms with Gasteiger partial charge in [0.15, 0.2) is 5.78 Å². The molecule has 2 amide bonds. The van der Waals surface area contributed by atoms with Crippen LogP contribution in [0.1, 0.15) is 69.3 Å². The average Bonchev–Trinajstić information content (AvgIpc) is 3.06. The van der Waals surface area contributed by atoms with Crippen LogP contribution in [0, 0.1) is 23.7 Å². The Morgan fingerprint density at radius 3 is 1.73 bits per heavy atom. The molecule has 5 rings (SSSR count). The molecule has 0 aliphatic rings. The van der Waals surface area contributed by atoms with E-state index >= 15 is 0 Å². The van der Waals surface area contributed by atoms with Crippen LogP contribution in [0.15, 0.2) is 127 Å². The molecular weight excluding hydrogens is 596 g/mol. The largest absolute Gasteiger partial charge is 0.444 e. The summed E-state index contributed by atoms with van der Waals surface area (Å²) in [6.07, 6.45) is -0.632. The van der Waals surface area contributed by atoms with E-state index in [9.17, 15) is 14.4 Å². The second-order valence-electron chi connectivity index (χ2n) is 12.0. The van der Waals surface area contributed by atoms with E-state index in [4.69, 9.17) is 4.74 Å². The molecule has 0 aliphatic heterocycles. The van der Waals surface area contributed by atoms with E-state index in [0.717, 1.165) is 27.8 Å². The molecule has 2 N–H and O–H groups in total. The number of hydrogen-bond acceptors (Lipinski definition) is 4. The number of benzene rings is 5. The molecule has 6 nitrogen and oxygen atoms in total. The van der Waals surface area contributed by atoms with Gasteiger partial charge < -0.3 is 10.1 Å². The molecule has 0 fully saturated rings. The minimum Gasteiger partial charge on any atom is -0.444 e. The van der Waals surface area contributed by atoms with Crippen molar-refractivity contribution in [3.63, 3.8) is 0 Å². The summed E-state index contributed by atoms with van der Waals surface area (Å²) in [6.45, 7) is 5.26. The van der Waals surface area contributed by atoms with Gasteiger partial charge in [-0.2, -0.15) is 0 Å². The summed E-state index contributed by atoms with van der Waals surface area (Å²) in [7, 11) is 0. The minimum absolute atomic E-state index is 0.0694. The number of carbonyl (C=O) groups excluding carboxylic acids is 3. The predicted octanol–water partition coefficient (Wildman–Crippen LogP) is 8.51. The van der Waals surface area contributed by atoms with Gasteiger partial charge in [-0.25, -0.2) is 4.79 Å². The van der Waals surface area contributed by atoms with Crippen LogP contribution in [0.5, 0.6) is 0 Å². The van der Waals surface area contributed by atoms with Crippen molar-refractivity contribution in [2.24, 2.45) is 0 Å². The first-order valence-corrected chi connectivity index (χ1v) is 15.4. The summed E-state index contributed by atoms with van der Waals surface area (Å²) in [5.74, 6) is 11.8. The number of hydrogen-bond donors (Lipinski definition) is 2. The maximum absolute atomic E-state index is 13.6. The smallest absolute Gasteiger partial charge is 0.412 e. The lowest BCUT2D eigenvalue weighted by molar-refractivity contribution is 0.0635. The van der Waals surface area contributed by atoms with E-state index in [-0.39, 0.29) is 29.0 Å². The van der Waals surface area contributed by atoms with Crippen LogP contribution in [0.3, 0.4) is 0 Å².